The van der Waals surface area contributed by atoms with Crippen LogP contribution >= 0.6 is 0 Å². The van der Waals surface area contributed by atoms with Crippen molar-refractivity contribution in [3.63, 3.8) is 0 Å². The quantitative estimate of drug-likeness (QED) is 0.491. The third kappa shape index (κ3) is 2.44. The van der Waals surface area contributed by atoms with Crippen LogP contribution in [-0.2, 0) is 0 Å². The number of nitrogens with zero attached hydrogens (tertiary/aromatic N) is 1. The number of nitro groups is 1. The molecule has 2 aromatic carbocycles. The average Bonchev–Trinajstić information content (AvgIpc) is 3.24. The second kappa shape index (κ2) is 5.13. The van der Waals surface area contributed by atoms with Crippen molar-refractivity contribution in [3.8, 4) is 0 Å². The molecule has 0 radical (unpaired) electrons. The van der Waals surface area contributed by atoms with Crippen molar-refractivity contribution in [2.24, 2.45) is 5.92 Å². The summed E-state index contributed by atoms with van der Waals surface area (Å²) in [6, 6.07) is 15.6. The Morgan fingerprint density at radius 3 is 2.24 bits per heavy atom. The molecule has 1 aliphatic carbocycles. The van der Waals surface area contributed by atoms with Crippen molar-refractivity contribution in [1.29, 1.82) is 0 Å². The highest BCUT2D eigenvalue weighted by atomic mass is 16.6. The first-order valence-corrected chi connectivity index (χ1v) is 6.89. The van der Waals surface area contributed by atoms with Crippen molar-refractivity contribution in [2.75, 3.05) is 0 Å². The Balaban J connectivity index is 1.89. The molecule has 0 unspecified atom stereocenters. The molecule has 4 heteroatoms. The van der Waals surface area contributed by atoms with Gasteiger partial charge in [-0.3, -0.25) is 14.9 Å². The molecule has 1 fully saturated rings. The van der Waals surface area contributed by atoms with Gasteiger partial charge in [-0.2, -0.15) is 0 Å². The maximum Gasteiger partial charge on any atom is 0.231 e. The number of carbonyl (C=O) groups excluding carboxylic acids is 1. The van der Waals surface area contributed by atoms with Crippen molar-refractivity contribution in [2.45, 2.75) is 18.9 Å². The number of benzene rings is 2. The summed E-state index contributed by atoms with van der Waals surface area (Å²) in [5.41, 5.74) is 2.52. The zero-order chi connectivity index (χ0) is 15.0. The summed E-state index contributed by atoms with van der Waals surface area (Å²) in [4.78, 5) is 23.4. The highest BCUT2D eigenvalue weighted by Gasteiger charge is 2.64. The Morgan fingerprint density at radius 1 is 1.05 bits per heavy atom. The van der Waals surface area contributed by atoms with Gasteiger partial charge in [-0.1, -0.05) is 60.2 Å². The normalized spacial score (nSPS) is 23.6. The average molecular weight is 281 g/mol. The molecule has 21 heavy (non-hydrogen) atoms. The SMILES string of the molecule is Cc1ccc([C@@H]2[C@@H](C(=O)c3ccccc3)[C@H]2[N+](=O)[O-])cc1. The van der Waals surface area contributed by atoms with Crippen LogP contribution in [0.2, 0.25) is 0 Å². The number of rotatable bonds is 4. The fraction of sp³-hybridized carbons (Fsp3) is 0.235. The molecule has 3 rings (SSSR count). The molecule has 0 aliphatic heterocycles. The molecule has 0 heterocycles. The van der Waals surface area contributed by atoms with E-state index in [0.717, 1.165) is 11.1 Å². The van der Waals surface area contributed by atoms with Crippen molar-refractivity contribution in [1.82, 2.24) is 0 Å². The van der Waals surface area contributed by atoms with E-state index >= 15 is 0 Å². The van der Waals surface area contributed by atoms with E-state index in [1.54, 1.807) is 24.3 Å². The molecule has 0 amide bonds. The van der Waals surface area contributed by atoms with Gasteiger partial charge in [-0.05, 0) is 12.5 Å². The summed E-state index contributed by atoms with van der Waals surface area (Å²) < 4.78 is 0. The standard InChI is InChI=1S/C17H15NO3/c1-11-7-9-12(10-8-11)14-15(16(14)18(20)21)17(19)13-5-3-2-4-6-13/h2-10,14-16H,1H3/t14-,15-,16+/m1/s1. The first-order valence-electron chi connectivity index (χ1n) is 6.89. The van der Waals surface area contributed by atoms with E-state index in [4.69, 9.17) is 0 Å². The Hall–Kier alpha value is -2.49. The van der Waals surface area contributed by atoms with Crippen molar-refractivity contribution >= 4 is 5.78 Å². The fourth-order valence-electron chi connectivity index (χ4n) is 2.86. The summed E-state index contributed by atoms with van der Waals surface area (Å²) in [7, 11) is 0. The van der Waals surface area contributed by atoms with Crippen LogP contribution in [0.1, 0.15) is 27.4 Å². The topological polar surface area (TPSA) is 60.2 Å². The van der Waals surface area contributed by atoms with E-state index in [0.29, 0.717) is 5.56 Å². The Kier molecular flexibility index (Phi) is 3.29. The summed E-state index contributed by atoms with van der Waals surface area (Å²) in [6.07, 6.45) is 0. The number of carbonyl (C=O) groups is 1. The maximum absolute atomic E-state index is 12.5. The second-order valence-electron chi connectivity index (χ2n) is 5.47. The molecule has 0 saturated heterocycles. The summed E-state index contributed by atoms with van der Waals surface area (Å²) in [6.45, 7) is 1.97. The van der Waals surface area contributed by atoms with Gasteiger partial charge >= 0.3 is 0 Å². The maximum atomic E-state index is 12.5. The molecule has 106 valence electrons. The van der Waals surface area contributed by atoms with Gasteiger partial charge in [0.15, 0.2) is 5.78 Å². The molecule has 1 saturated carbocycles. The van der Waals surface area contributed by atoms with E-state index < -0.39 is 12.0 Å². The lowest BCUT2D eigenvalue weighted by Crippen LogP contribution is -2.10. The Labute approximate surface area is 122 Å². The zero-order valence-electron chi connectivity index (χ0n) is 11.6. The van der Waals surface area contributed by atoms with Crippen LogP contribution in [0.4, 0.5) is 0 Å². The van der Waals surface area contributed by atoms with Gasteiger partial charge in [-0.25, -0.2) is 0 Å². The third-order valence-electron chi connectivity index (χ3n) is 4.05. The second-order valence-corrected chi connectivity index (χ2v) is 5.47. The van der Waals surface area contributed by atoms with Gasteiger partial charge < -0.3 is 0 Å². The molecule has 0 N–H and O–H groups in total. The number of hydrogen-bond acceptors (Lipinski definition) is 3. The molecule has 0 bridgehead atoms. The molecular formula is C17H15NO3. The molecule has 3 atom stereocenters. The molecule has 1 aliphatic rings. The van der Waals surface area contributed by atoms with Gasteiger partial charge in [-0.15, -0.1) is 0 Å². The predicted molar refractivity (Wildman–Crippen MR) is 79.0 cm³/mol. The van der Waals surface area contributed by atoms with Crippen molar-refractivity contribution < 1.29 is 9.72 Å². The van der Waals surface area contributed by atoms with Crippen LogP contribution in [0, 0.1) is 23.0 Å². The molecule has 4 nitrogen and oxygen atoms in total. The molecule has 2 aromatic rings. The smallest absolute Gasteiger partial charge is 0.231 e. The lowest BCUT2D eigenvalue weighted by Gasteiger charge is -1.99. The minimum Gasteiger partial charge on any atom is -0.294 e. The van der Waals surface area contributed by atoms with Crippen LogP contribution in [-0.4, -0.2) is 16.7 Å². The van der Waals surface area contributed by atoms with Gasteiger partial charge in [0.2, 0.25) is 6.04 Å². The number of ketones is 1. The third-order valence-corrected chi connectivity index (χ3v) is 4.05. The molecular weight excluding hydrogens is 266 g/mol. The Morgan fingerprint density at radius 2 is 1.67 bits per heavy atom. The van der Waals surface area contributed by atoms with E-state index in [2.05, 4.69) is 0 Å². The van der Waals surface area contributed by atoms with Crippen LogP contribution in [0.3, 0.4) is 0 Å². The first kappa shape index (κ1) is 13.5. The fourth-order valence-corrected chi connectivity index (χ4v) is 2.86. The van der Waals surface area contributed by atoms with Crippen LogP contribution < -0.4 is 0 Å². The highest BCUT2D eigenvalue weighted by Crippen LogP contribution is 2.51. The number of hydrogen-bond donors (Lipinski definition) is 0. The largest absolute Gasteiger partial charge is 0.294 e. The summed E-state index contributed by atoms with van der Waals surface area (Å²) >= 11 is 0. The van der Waals surface area contributed by atoms with Crippen LogP contribution in [0.15, 0.2) is 54.6 Å². The van der Waals surface area contributed by atoms with Gasteiger partial charge in [0.25, 0.3) is 0 Å². The Bertz CT molecular complexity index is 679. The molecule has 0 aromatic heterocycles. The monoisotopic (exact) mass is 281 g/mol. The summed E-state index contributed by atoms with van der Waals surface area (Å²) in [5, 5.41) is 11.2. The first-order chi connectivity index (χ1) is 10.1. The van der Waals surface area contributed by atoms with Gasteiger partial charge in [0.05, 0.1) is 5.92 Å². The van der Waals surface area contributed by atoms with Crippen LogP contribution in [0.25, 0.3) is 0 Å². The van der Waals surface area contributed by atoms with E-state index in [1.165, 1.54) is 0 Å². The minimum absolute atomic E-state index is 0.136. The van der Waals surface area contributed by atoms with E-state index in [9.17, 15) is 14.9 Å². The number of aryl methyl sites for hydroxylation is 1. The van der Waals surface area contributed by atoms with E-state index in [1.807, 2.05) is 37.3 Å². The number of Topliss-reactive ketones (excluding diaryl/α,β-unsaturated/α-hetero) is 1. The van der Waals surface area contributed by atoms with Crippen LogP contribution in [0.5, 0.6) is 0 Å². The minimum atomic E-state index is -0.805. The molecule has 0 spiro atoms. The predicted octanol–water partition coefficient (Wildman–Crippen LogP) is 3.24. The van der Waals surface area contributed by atoms with E-state index in [-0.39, 0.29) is 16.6 Å². The highest BCUT2D eigenvalue weighted by molar-refractivity contribution is 6.01. The van der Waals surface area contributed by atoms with Crippen molar-refractivity contribution in [3.05, 3.63) is 81.4 Å². The zero-order valence-corrected chi connectivity index (χ0v) is 11.6. The summed E-state index contributed by atoms with van der Waals surface area (Å²) in [5.74, 6) is -0.999. The van der Waals surface area contributed by atoms with Gasteiger partial charge in [0.1, 0.15) is 5.92 Å². The lowest BCUT2D eigenvalue weighted by atomic mass is 10.0. The van der Waals surface area contributed by atoms with Gasteiger partial charge in [0, 0.05) is 10.5 Å². The lowest BCUT2D eigenvalue weighted by molar-refractivity contribution is -0.498.